The minimum absolute atomic E-state index is 0.00452. The van der Waals surface area contributed by atoms with Crippen molar-refractivity contribution in [3.63, 3.8) is 0 Å². The van der Waals surface area contributed by atoms with Crippen molar-refractivity contribution < 1.29 is 18.3 Å². The van der Waals surface area contributed by atoms with Crippen molar-refractivity contribution in [3.05, 3.63) is 36.3 Å². The monoisotopic (exact) mass is 352 g/mol. The largest absolute Gasteiger partial charge is 0.433 e. The molecule has 1 aliphatic carbocycles. The quantitative estimate of drug-likeness (QED) is 0.862. The van der Waals surface area contributed by atoms with Crippen LogP contribution in [0.5, 0.6) is 0 Å². The summed E-state index contributed by atoms with van der Waals surface area (Å²) in [6.45, 7) is 0.0708. The van der Waals surface area contributed by atoms with Crippen LogP contribution < -0.4 is 5.32 Å². The first-order chi connectivity index (χ1) is 12.0. The molecule has 0 aliphatic heterocycles. The second-order valence-electron chi connectivity index (χ2n) is 6.16. The van der Waals surface area contributed by atoms with E-state index < -0.39 is 11.9 Å². The molecule has 25 heavy (non-hydrogen) atoms. The summed E-state index contributed by atoms with van der Waals surface area (Å²) >= 11 is 0. The van der Waals surface area contributed by atoms with Gasteiger partial charge in [-0.25, -0.2) is 9.97 Å². The van der Waals surface area contributed by atoms with Gasteiger partial charge in [-0.05, 0) is 37.3 Å². The summed E-state index contributed by atoms with van der Waals surface area (Å²) in [7, 11) is 0. The summed E-state index contributed by atoms with van der Waals surface area (Å²) in [5.41, 5.74) is -0.560. The zero-order valence-electron chi connectivity index (χ0n) is 13.5. The lowest BCUT2D eigenvalue weighted by atomic mass is 10.00. The maximum absolute atomic E-state index is 13.2. The van der Waals surface area contributed by atoms with E-state index in [1.807, 2.05) is 0 Å². The molecular formula is C17H19F3N4O. The van der Waals surface area contributed by atoms with Gasteiger partial charge in [-0.1, -0.05) is 6.42 Å². The van der Waals surface area contributed by atoms with Gasteiger partial charge in [0.1, 0.15) is 5.82 Å². The fourth-order valence-corrected chi connectivity index (χ4v) is 3.22. The smallest absolute Gasteiger partial charge is 0.396 e. The Hall–Kier alpha value is -2.22. The lowest BCUT2D eigenvalue weighted by molar-refractivity contribution is -0.141. The van der Waals surface area contributed by atoms with E-state index in [0.29, 0.717) is 12.0 Å². The van der Waals surface area contributed by atoms with Crippen LogP contribution in [0.1, 0.15) is 31.4 Å². The van der Waals surface area contributed by atoms with E-state index in [1.54, 1.807) is 12.1 Å². The van der Waals surface area contributed by atoms with Crippen molar-refractivity contribution in [1.82, 2.24) is 15.0 Å². The normalized spacial score (nSPS) is 20.6. The number of halogens is 3. The predicted molar refractivity (Wildman–Crippen MR) is 86.7 cm³/mol. The Labute approximate surface area is 143 Å². The zero-order chi connectivity index (χ0) is 17.9. The highest BCUT2D eigenvalue weighted by atomic mass is 19.4. The molecule has 2 aromatic heterocycles. The number of aromatic nitrogens is 3. The Morgan fingerprint density at radius 2 is 2.08 bits per heavy atom. The molecule has 1 fully saturated rings. The van der Waals surface area contributed by atoms with Crippen LogP contribution in [0.3, 0.4) is 0 Å². The maximum atomic E-state index is 13.2. The van der Waals surface area contributed by atoms with E-state index in [4.69, 9.17) is 5.11 Å². The van der Waals surface area contributed by atoms with Gasteiger partial charge in [0.15, 0.2) is 11.5 Å². The molecule has 0 spiro atoms. The van der Waals surface area contributed by atoms with Crippen molar-refractivity contribution in [2.45, 2.75) is 37.9 Å². The number of hydrogen-bond acceptors (Lipinski definition) is 5. The third-order valence-electron chi connectivity index (χ3n) is 4.43. The number of rotatable bonds is 5. The molecule has 2 N–H and O–H groups in total. The summed E-state index contributed by atoms with van der Waals surface area (Å²) in [6, 6.07) is 4.19. The van der Waals surface area contributed by atoms with E-state index in [0.717, 1.165) is 25.3 Å². The molecule has 0 radical (unpaired) electrons. The summed E-state index contributed by atoms with van der Waals surface area (Å²) < 4.78 is 39.6. The summed E-state index contributed by atoms with van der Waals surface area (Å²) in [5, 5.41) is 12.3. The standard InChI is InChI=1S/C17H19F3N4O/c18-17(19,20)14-9-15(22-13-5-1-3-11(13)6-8-25)24-16(23-14)12-4-2-7-21-10-12/h2,4,7,9-11,13,25H,1,3,5-6,8H2,(H,22,23,24). The Morgan fingerprint density at radius 3 is 2.76 bits per heavy atom. The molecule has 0 saturated heterocycles. The van der Waals surface area contributed by atoms with E-state index in [-0.39, 0.29) is 30.2 Å². The van der Waals surface area contributed by atoms with Crippen LogP contribution in [0.4, 0.5) is 19.0 Å². The van der Waals surface area contributed by atoms with Crippen LogP contribution >= 0.6 is 0 Å². The van der Waals surface area contributed by atoms with Gasteiger partial charge in [-0.2, -0.15) is 13.2 Å². The lowest BCUT2D eigenvalue weighted by Gasteiger charge is -2.21. The SMILES string of the molecule is OCCC1CCCC1Nc1cc(C(F)(F)F)nc(-c2cccnc2)n1. The van der Waals surface area contributed by atoms with E-state index in [2.05, 4.69) is 20.3 Å². The molecule has 1 saturated carbocycles. The fraction of sp³-hybridized carbons (Fsp3) is 0.471. The molecule has 0 bridgehead atoms. The highest BCUT2D eigenvalue weighted by Gasteiger charge is 2.34. The second-order valence-corrected chi connectivity index (χ2v) is 6.16. The van der Waals surface area contributed by atoms with Crippen molar-refractivity contribution in [3.8, 4) is 11.4 Å². The number of hydrogen-bond donors (Lipinski definition) is 2. The van der Waals surface area contributed by atoms with Gasteiger partial charge >= 0.3 is 6.18 Å². The molecule has 2 atom stereocenters. The first-order valence-corrected chi connectivity index (χ1v) is 8.21. The van der Waals surface area contributed by atoms with Crippen LogP contribution in [0.15, 0.2) is 30.6 Å². The molecule has 0 aromatic carbocycles. The van der Waals surface area contributed by atoms with Gasteiger partial charge in [-0.3, -0.25) is 4.98 Å². The van der Waals surface area contributed by atoms with E-state index in [1.165, 1.54) is 12.4 Å². The maximum Gasteiger partial charge on any atom is 0.433 e. The molecule has 5 nitrogen and oxygen atoms in total. The van der Waals surface area contributed by atoms with Crippen LogP contribution in [0.2, 0.25) is 0 Å². The third-order valence-corrected chi connectivity index (χ3v) is 4.43. The Morgan fingerprint density at radius 1 is 1.24 bits per heavy atom. The highest BCUT2D eigenvalue weighted by Crippen LogP contribution is 2.33. The minimum atomic E-state index is -4.56. The summed E-state index contributed by atoms with van der Waals surface area (Å²) in [5.74, 6) is 0.370. The number of aliphatic hydroxyl groups is 1. The van der Waals surface area contributed by atoms with Gasteiger partial charge in [-0.15, -0.1) is 0 Å². The number of nitrogens with one attached hydrogen (secondary N) is 1. The number of alkyl halides is 3. The summed E-state index contributed by atoms with van der Waals surface area (Å²) in [6.07, 6.45) is 1.82. The highest BCUT2D eigenvalue weighted by molar-refractivity contribution is 5.56. The number of pyridine rings is 1. The molecular weight excluding hydrogens is 333 g/mol. The van der Waals surface area contributed by atoms with Gasteiger partial charge in [0.05, 0.1) is 0 Å². The Kier molecular flexibility index (Phi) is 5.17. The van der Waals surface area contributed by atoms with Crippen LogP contribution in [-0.2, 0) is 6.18 Å². The molecule has 1 aliphatic rings. The van der Waals surface area contributed by atoms with E-state index in [9.17, 15) is 13.2 Å². The van der Waals surface area contributed by atoms with Crippen molar-refractivity contribution in [2.24, 2.45) is 5.92 Å². The molecule has 2 aromatic rings. The predicted octanol–water partition coefficient (Wildman–Crippen LogP) is 3.52. The van der Waals surface area contributed by atoms with Crippen LogP contribution in [-0.4, -0.2) is 32.7 Å². The Balaban J connectivity index is 1.93. The second kappa shape index (κ2) is 7.35. The fourth-order valence-electron chi connectivity index (χ4n) is 3.22. The molecule has 0 amide bonds. The van der Waals surface area contributed by atoms with Crippen LogP contribution in [0, 0.1) is 5.92 Å². The van der Waals surface area contributed by atoms with Crippen LogP contribution in [0.25, 0.3) is 11.4 Å². The number of anilines is 1. The first-order valence-electron chi connectivity index (χ1n) is 8.21. The molecule has 2 heterocycles. The molecule has 8 heteroatoms. The third kappa shape index (κ3) is 4.25. The van der Waals surface area contributed by atoms with Gasteiger partial charge in [0.25, 0.3) is 0 Å². The molecule has 3 rings (SSSR count). The van der Waals surface area contributed by atoms with E-state index >= 15 is 0 Å². The Bertz CT molecular complexity index is 709. The summed E-state index contributed by atoms with van der Waals surface area (Å²) in [4.78, 5) is 11.8. The first kappa shape index (κ1) is 17.6. The zero-order valence-corrected chi connectivity index (χ0v) is 13.5. The number of nitrogens with zero attached hydrogens (tertiary/aromatic N) is 3. The van der Waals surface area contributed by atoms with Gasteiger partial charge in [0.2, 0.25) is 0 Å². The van der Waals surface area contributed by atoms with Crippen molar-refractivity contribution in [1.29, 1.82) is 0 Å². The average molecular weight is 352 g/mol. The molecule has 2 unspecified atom stereocenters. The van der Waals surface area contributed by atoms with Crippen molar-refractivity contribution >= 4 is 5.82 Å². The minimum Gasteiger partial charge on any atom is -0.396 e. The van der Waals surface area contributed by atoms with Gasteiger partial charge in [0, 0.05) is 36.7 Å². The average Bonchev–Trinajstić information content (AvgIpc) is 3.02. The molecule has 134 valence electrons. The lowest BCUT2D eigenvalue weighted by Crippen LogP contribution is -2.26. The topological polar surface area (TPSA) is 70.9 Å². The number of aliphatic hydroxyl groups excluding tert-OH is 1. The van der Waals surface area contributed by atoms with Gasteiger partial charge < -0.3 is 10.4 Å². The van der Waals surface area contributed by atoms with Crippen molar-refractivity contribution in [2.75, 3.05) is 11.9 Å².